The number of halogens is 1. The van der Waals surface area contributed by atoms with Crippen molar-refractivity contribution < 1.29 is 4.79 Å². The summed E-state index contributed by atoms with van der Waals surface area (Å²) in [4.78, 5) is 20.9. The van der Waals surface area contributed by atoms with Crippen molar-refractivity contribution in [2.45, 2.75) is 6.54 Å². The summed E-state index contributed by atoms with van der Waals surface area (Å²) in [5.74, 6) is -0.152. The lowest BCUT2D eigenvalue weighted by molar-refractivity contribution is 0.102. The number of amides is 1. The van der Waals surface area contributed by atoms with Crippen molar-refractivity contribution in [1.29, 1.82) is 0 Å². The summed E-state index contributed by atoms with van der Waals surface area (Å²) in [5.41, 5.74) is 4.24. The number of hydrogen-bond acceptors (Lipinski definition) is 4. The topological polar surface area (TPSA) is 72.7 Å². The Hall–Kier alpha value is -3.07. The lowest BCUT2D eigenvalue weighted by Gasteiger charge is -2.10. The molecule has 0 saturated heterocycles. The molecule has 2 aromatic heterocycles. The van der Waals surface area contributed by atoms with E-state index in [0.29, 0.717) is 12.1 Å². The zero-order valence-electron chi connectivity index (χ0n) is 14.8. The van der Waals surface area contributed by atoms with Gasteiger partial charge in [0.2, 0.25) is 0 Å². The second-order valence-corrected chi connectivity index (χ2v) is 7.32. The van der Waals surface area contributed by atoms with Crippen molar-refractivity contribution in [3.63, 3.8) is 0 Å². The van der Waals surface area contributed by atoms with Crippen LogP contribution in [0.4, 0.5) is 5.69 Å². The van der Waals surface area contributed by atoms with Gasteiger partial charge in [0, 0.05) is 26.6 Å². The number of carbonyl (C=O) groups is 1. The molecule has 0 aliphatic carbocycles. The van der Waals surface area contributed by atoms with Crippen LogP contribution in [0.1, 0.15) is 15.9 Å². The van der Waals surface area contributed by atoms with Crippen molar-refractivity contribution in [2.24, 2.45) is 0 Å². The third-order valence-electron chi connectivity index (χ3n) is 4.19. The zero-order chi connectivity index (χ0) is 19.3. The summed E-state index contributed by atoms with van der Waals surface area (Å²) >= 11 is 2.27. The molecule has 0 aliphatic heterocycles. The van der Waals surface area contributed by atoms with E-state index in [1.54, 1.807) is 17.2 Å². The van der Waals surface area contributed by atoms with Gasteiger partial charge in [-0.05, 0) is 70.6 Å². The van der Waals surface area contributed by atoms with E-state index in [2.05, 4.69) is 43.0 Å². The van der Waals surface area contributed by atoms with Crippen molar-refractivity contribution in [3.05, 3.63) is 94.2 Å². The average Bonchev–Trinajstić information content (AvgIpc) is 3.23. The fourth-order valence-electron chi connectivity index (χ4n) is 2.79. The van der Waals surface area contributed by atoms with Crippen LogP contribution >= 0.6 is 22.6 Å². The minimum atomic E-state index is -0.152. The maximum absolute atomic E-state index is 12.6. The predicted octanol–water partition coefficient (Wildman–Crippen LogP) is 4.25. The van der Waals surface area contributed by atoms with Crippen LogP contribution in [0.2, 0.25) is 0 Å². The molecule has 138 valence electrons. The van der Waals surface area contributed by atoms with Crippen LogP contribution in [-0.4, -0.2) is 25.7 Å². The summed E-state index contributed by atoms with van der Waals surface area (Å²) in [6.07, 6.45) is 4.93. The first-order chi connectivity index (χ1) is 13.7. The summed E-state index contributed by atoms with van der Waals surface area (Å²) < 4.78 is 2.81. The molecule has 0 unspecified atom stereocenters. The second-order valence-electron chi connectivity index (χ2n) is 6.15. The molecule has 0 aliphatic rings. The Balaban J connectivity index is 1.49. The van der Waals surface area contributed by atoms with Gasteiger partial charge in [-0.2, -0.15) is 5.10 Å². The van der Waals surface area contributed by atoms with Gasteiger partial charge in [0.25, 0.3) is 5.91 Å². The summed E-state index contributed by atoms with van der Waals surface area (Å²) in [6.45, 7) is 0.618. The molecule has 0 fully saturated rings. The average molecular weight is 481 g/mol. The van der Waals surface area contributed by atoms with Gasteiger partial charge in [-0.25, -0.2) is 9.67 Å². The van der Waals surface area contributed by atoms with E-state index in [0.717, 1.165) is 26.1 Å². The fraction of sp³-hybridized carbons (Fsp3) is 0.0476. The number of nitrogens with zero attached hydrogens (tertiary/aromatic N) is 4. The molecule has 4 rings (SSSR count). The smallest absolute Gasteiger partial charge is 0.255 e. The first-order valence-corrected chi connectivity index (χ1v) is 9.70. The number of carbonyl (C=O) groups excluding carboxylic acids is 1. The van der Waals surface area contributed by atoms with Crippen LogP contribution in [0.15, 0.2) is 79.5 Å². The van der Waals surface area contributed by atoms with Gasteiger partial charge >= 0.3 is 0 Å². The van der Waals surface area contributed by atoms with E-state index in [9.17, 15) is 4.79 Å². The fourth-order valence-corrected chi connectivity index (χ4v) is 3.40. The molecule has 2 aromatic carbocycles. The van der Waals surface area contributed by atoms with Crippen molar-refractivity contribution in [2.75, 3.05) is 5.32 Å². The Morgan fingerprint density at radius 1 is 1.07 bits per heavy atom. The molecular formula is C21H16IN5O. The Kier molecular flexibility index (Phi) is 5.43. The number of aromatic nitrogens is 4. The van der Waals surface area contributed by atoms with Gasteiger partial charge in [0.05, 0.1) is 12.2 Å². The van der Waals surface area contributed by atoms with E-state index in [-0.39, 0.29) is 5.91 Å². The van der Waals surface area contributed by atoms with Gasteiger partial charge in [0.15, 0.2) is 0 Å². The van der Waals surface area contributed by atoms with E-state index >= 15 is 0 Å². The maximum Gasteiger partial charge on any atom is 0.255 e. The number of rotatable bonds is 5. The van der Waals surface area contributed by atoms with Crippen LogP contribution in [0.25, 0.3) is 11.3 Å². The summed E-state index contributed by atoms with van der Waals surface area (Å²) in [5, 5.41) is 7.05. The zero-order valence-corrected chi connectivity index (χ0v) is 16.9. The quantitative estimate of drug-likeness (QED) is 0.433. The first kappa shape index (κ1) is 18.3. The molecule has 0 saturated carbocycles. The molecule has 7 heteroatoms. The maximum atomic E-state index is 12.6. The van der Waals surface area contributed by atoms with Gasteiger partial charge < -0.3 is 5.32 Å². The number of nitrogens with one attached hydrogen (secondary N) is 1. The third kappa shape index (κ3) is 4.25. The highest BCUT2D eigenvalue weighted by molar-refractivity contribution is 14.1. The van der Waals surface area contributed by atoms with E-state index in [1.165, 1.54) is 6.33 Å². The molecule has 6 nitrogen and oxygen atoms in total. The van der Waals surface area contributed by atoms with E-state index in [4.69, 9.17) is 0 Å². The normalized spacial score (nSPS) is 10.6. The Labute approximate surface area is 175 Å². The van der Waals surface area contributed by atoms with Gasteiger partial charge in [-0.15, -0.1) is 0 Å². The van der Waals surface area contributed by atoms with Crippen LogP contribution in [0.3, 0.4) is 0 Å². The van der Waals surface area contributed by atoms with E-state index < -0.39 is 0 Å². The molecule has 1 N–H and O–H groups in total. The SMILES string of the molecule is O=C(Nc1ccc(I)c(-c2ccccn2)c1)c1ccc(Cn2cncn2)cc1. The number of pyridine rings is 1. The molecule has 2 heterocycles. The molecule has 0 spiro atoms. The lowest BCUT2D eigenvalue weighted by atomic mass is 10.1. The molecule has 4 aromatic rings. The lowest BCUT2D eigenvalue weighted by Crippen LogP contribution is -2.12. The monoisotopic (exact) mass is 481 g/mol. The first-order valence-electron chi connectivity index (χ1n) is 8.63. The number of benzene rings is 2. The highest BCUT2D eigenvalue weighted by Gasteiger charge is 2.10. The standard InChI is InChI=1S/C21H16IN5O/c22-19-9-8-17(11-18(19)20-3-1-2-10-24-20)26-21(28)16-6-4-15(5-7-16)12-27-14-23-13-25-27/h1-11,13-14H,12H2,(H,26,28). The number of hydrogen-bond donors (Lipinski definition) is 1. The van der Waals surface area contributed by atoms with Crippen molar-refractivity contribution in [1.82, 2.24) is 19.7 Å². The molecule has 1 amide bonds. The Bertz CT molecular complexity index is 1080. The van der Waals surface area contributed by atoms with Gasteiger partial charge in [-0.1, -0.05) is 18.2 Å². The number of anilines is 1. The molecule has 0 radical (unpaired) electrons. The molecular weight excluding hydrogens is 465 g/mol. The Morgan fingerprint density at radius 3 is 2.64 bits per heavy atom. The van der Waals surface area contributed by atoms with Crippen molar-refractivity contribution >= 4 is 34.2 Å². The van der Waals surface area contributed by atoms with Gasteiger partial charge in [0.1, 0.15) is 12.7 Å². The summed E-state index contributed by atoms with van der Waals surface area (Å²) in [6, 6.07) is 19.1. The summed E-state index contributed by atoms with van der Waals surface area (Å²) in [7, 11) is 0. The van der Waals surface area contributed by atoms with Crippen molar-refractivity contribution in [3.8, 4) is 11.3 Å². The molecule has 0 bridgehead atoms. The van der Waals surface area contributed by atoms with Crippen LogP contribution in [-0.2, 0) is 6.54 Å². The highest BCUT2D eigenvalue weighted by Crippen LogP contribution is 2.27. The molecule has 0 atom stereocenters. The van der Waals surface area contributed by atoms with Gasteiger partial charge in [-0.3, -0.25) is 9.78 Å². The van der Waals surface area contributed by atoms with Crippen LogP contribution in [0, 0.1) is 3.57 Å². The largest absolute Gasteiger partial charge is 0.322 e. The van der Waals surface area contributed by atoms with E-state index in [1.807, 2.05) is 60.7 Å². The molecule has 28 heavy (non-hydrogen) atoms. The van der Waals surface area contributed by atoms with Crippen LogP contribution < -0.4 is 5.32 Å². The Morgan fingerprint density at radius 2 is 1.93 bits per heavy atom. The third-order valence-corrected chi connectivity index (χ3v) is 5.13. The second kappa shape index (κ2) is 8.30. The highest BCUT2D eigenvalue weighted by atomic mass is 127. The predicted molar refractivity (Wildman–Crippen MR) is 116 cm³/mol. The minimum absolute atomic E-state index is 0.152. The van der Waals surface area contributed by atoms with Crippen LogP contribution in [0.5, 0.6) is 0 Å². The minimum Gasteiger partial charge on any atom is -0.322 e.